The Morgan fingerprint density at radius 3 is 2.65 bits per heavy atom. The van der Waals surface area contributed by atoms with Crippen molar-refractivity contribution in [3.8, 4) is 10.7 Å². The van der Waals surface area contributed by atoms with Crippen LogP contribution in [0.25, 0.3) is 10.7 Å². The molecule has 0 aromatic carbocycles. The molecule has 0 saturated heterocycles. The first kappa shape index (κ1) is 15.7. The van der Waals surface area contributed by atoms with Crippen LogP contribution in [0.4, 0.5) is 0 Å². The standard InChI is InChI=1S/C14H20BrN3OS/c1-5-16-9(4)12(8(2)3)14-17-13(18-19-14)10-6-7-11(15)20-10/h6-9,12,16H,5H2,1-4H3. The second kappa shape index (κ2) is 6.83. The van der Waals surface area contributed by atoms with Crippen LogP contribution in [0, 0.1) is 5.92 Å². The topological polar surface area (TPSA) is 51.0 Å². The van der Waals surface area contributed by atoms with E-state index in [9.17, 15) is 0 Å². The first-order chi connectivity index (χ1) is 9.52. The van der Waals surface area contributed by atoms with Crippen molar-refractivity contribution in [1.29, 1.82) is 0 Å². The Morgan fingerprint density at radius 2 is 2.10 bits per heavy atom. The van der Waals surface area contributed by atoms with Gasteiger partial charge in [-0.15, -0.1) is 11.3 Å². The Kier molecular flexibility index (Phi) is 5.35. The monoisotopic (exact) mass is 357 g/mol. The van der Waals surface area contributed by atoms with E-state index in [-0.39, 0.29) is 5.92 Å². The number of hydrogen-bond donors (Lipinski definition) is 1. The van der Waals surface area contributed by atoms with Crippen LogP contribution in [0.2, 0.25) is 0 Å². The van der Waals surface area contributed by atoms with Crippen molar-refractivity contribution in [2.75, 3.05) is 6.54 Å². The Hall–Kier alpha value is -0.720. The van der Waals surface area contributed by atoms with Gasteiger partial charge in [-0.25, -0.2) is 0 Å². The molecule has 4 nitrogen and oxygen atoms in total. The molecular formula is C14H20BrN3OS. The number of nitrogens with one attached hydrogen (secondary N) is 1. The summed E-state index contributed by atoms with van der Waals surface area (Å²) in [5.41, 5.74) is 0. The van der Waals surface area contributed by atoms with Gasteiger partial charge >= 0.3 is 0 Å². The largest absolute Gasteiger partial charge is 0.339 e. The molecule has 2 heterocycles. The fourth-order valence-electron chi connectivity index (χ4n) is 2.43. The van der Waals surface area contributed by atoms with Crippen LogP contribution in [0.3, 0.4) is 0 Å². The van der Waals surface area contributed by atoms with Gasteiger partial charge in [-0.05, 0) is 47.4 Å². The van der Waals surface area contributed by atoms with Crippen molar-refractivity contribution in [2.45, 2.75) is 39.7 Å². The molecule has 0 bridgehead atoms. The number of aromatic nitrogens is 2. The van der Waals surface area contributed by atoms with Gasteiger partial charge in [0, 0.05) is 6.04 Å². The second-order valence-electron chi connectivity index (χ2n) is 5.18. The zero-order chi connectivity index (χ0) is 14.7. The van der Waals surface area contributed by atoms with Gasteiger partial charge in [-0.2, -0.15) is 4.98 Å². The SMILES string of the molecule is CCNC(C)C(c1nc(-c2ccc(Br)s2)no1)C(C)C. The van der Waals surface area contributed by atoms with Crippen LogP contribution in [0.1, 0.15) is 39.5 Å². The van der Waals surface area contributed by atoms with Crippen LogP contribution in [0.5, 0.6) is 0 Å². The summed E-state index contributed by atoms with van der Waals surface area (Å²) in [5, 5.41) is 7.57. The smallest absolute Gasteiger partial charge is 0.231 e. The fourth-order valence-corrected chi connectivity index (χ4v) is 3.74. The maximum Gasteiger partial charge on any atom is 0.231 e. The minimum absolute atomic E-state index is 0.222. The van der Waals surface area contributed by atoms with E-state index in [1.54, 1.807) is 11.3 Å². The summed E-state index contributed by atoms with van der Waals surface area (Å²) in [6.07, 6.45) is 0. The summed E-state index contributed by atoms with van der Waals surface area (Å²) in [6, 6.07) is 4.31. The number of hydrogen-bond acceptors (Lipinski definition) is 5. The number of nitrogens with zero attached hydrogens (tertiary/aromatic N) is 2. The predicted octanol–water partition coefficient (Wildman–Crippen LogP) is 4.30. The summed E-state index contributed by atoms with van der Waals surface area (Å²) in [6.45, 7) is 9.58. The van der Waals surface area contributed by atoms with Gasteiger partial charge in [0.15, 0.2) is 0 Å². The maximum absolute atomic E-state index is 5.51. The summed E-state index contributed by atoms with van der Waals surface area (Å²) in [7, 11) is 0. The van der Waals surface area contributed by atoms with Crippen molar-refractivity contribution in [2.24, 2.45) is 5.92 Å². The summed E-state index contributed by atoms with van der Waals surface area (Å²) in [4.78, 5) is 5.61. The van der Waals surface area contributed by atoms with Gasteiger partial charge in [0.1, 0.15) is 0 Å². The zero-order valence-electron chi connectivity index (χ0n) is 12.2. The second-order valence-corrected chi connectivity index (χ2v) is 7.64. The van der Waals surface area contributed by atoms with Crippen LogP contribution in [-0.2, 0) is 0 Å². The zero-order valence-corrected chi connectivity index (χ0v) is 14.6. The molecule has 1 N–H and O–H groups in total. The Labute approximate surface area is 132 Å². The van der Waals surface area contributed by atoms with E-state index in [1.807, 2.05) is 12.1 Å². The Morgan fingerprint density at radius 1 is 1.35 bits per heavy atom. The highest BCUT2D eigenvalue weighted by atomic mass is 79.9. The summed E-state index contributed by atoms with van der Waals surface area (Å²) < 4.78 is 6.58. The minimum Gasteiger partial charge on any atom is -0.339 e. The van der Waals surface area contributed by atoms with Gasteiger partial charge < -0.3 is 9.84 Å². The quantitative estimate of drug-likeness (QED) is 0.837. The normalized spacial score (nSPS) is 14.7. The lowest BCUT2D eigenvalue weighted by atomic mass is 9.89. The lowest BCUT2D eigenvalue weighted by Crippen LogP contribution is -2.34. The molecule has 20 heavy (non-hydrogen) atoms. The molecule has 0 aliphatic heterocycles. The fraction of sp³-hybridized carbons (Fsp3) is 0.571. The third-order valence-electron chi connectivity index (χ3n) is 3.30. The molecule has 0 aliphatic rings. The van der Waals surface area contributed by atoms with E-state index in [0.717, 1.165) is 15.2 Å². The Balaban J connectivity index is 2.25. The van der Waals surface area contributed by atoms with Crippen molar-refractivity contribution in [3.63, 3.8) is 0 Å². The highest BCUT2D eigenvalue weighted by molar-refractivity contribution is 9.11. The van der Waals surface area contributed by atoms with E-state index >= 15 is 0 Å². The number of halogens is 1. The third-order valence-corrected chi connectivity index (χ3v) is 4.92. The highest BCUT2D eigenvalue weighted by Gasteiger charge is 2.28. The molecular weight excluding hydrogens is 338 g/mol. The van der Waals surface area contributed by atoms with E-state index in [0.29, 0.717) is 23.7 Å². The van der Waals surface area contributed by atoms with Gasteiger partial charge in [-0.1, -0.05) is 25.9 Å². The number of rotatable bonds is 6. The van der Waals surface area contributed by atoms with E-state index < -0.39 is 0 Å². The van der Waals surface area contributed by atoms with Crippen molar-refractivity contribution >= 4 is 27.3 Å². The van der Waals surface area contributed by atoms with Crippen LogP contribution in [-0.4, -0.2) is 22.7 Å². The Bertz CT molecular complexity index is 552. The highest BCUT2D eigenvalue weighted by Crippen LogP contribution is 2.32. The van der Waals surface area contributed by atoms with E-state index in [4.69, 9.17) is 4.52 Å². The van der Waals surface area contributed by atoms with Crippen molar-refractivity contribution < 1.29 is 4.52 Å². The summed E-state index contributed by atoms with van der Waals surface area (Å²) >= 11 is 5.06. The third kappa shape index (κ3) is 3.48. The van der Waals surface area contributed by atoms with Gasteiger partial charge in [0.2, 0.25) is 11.7 Å². The molecule has 2 unspecified atom stereocenters. The molecule has 2 rings (SSSR count). The molecule has 6 heteroatoms. The maximum atomic E-state index is 5.51. The first-order valence-corrected chi connectivity index (χ1v) is 8.46. The van der Waals surface area contributed by atoms with Gasteiger partial charge in [0.25, 0.3) is 0 Å². The number of likely N-dealkylation sites (N-methyl/N-ethyl adjacent to an activating group) is 1. The van der Waals surface area contributed by atoms with Crippen LogP contribution >= 0.6 is 27.3 Å². The minimum atomic E-state index is 0.222. The molecule has 0 saturated carbocycles. The average molecular weight is 358 g/mol. The molecule has 0 spiro atoms. The van der Waals surface area contributed by atoms with Crippen molar-refractivity contribution in [3.05, 3.63) is 21.8 Å². The summed E-state index contributed by atoms with van der Waals surface area (Å²) in [5.74, 6) is 2.05. The lowest BCUT2D eigenvalue weighted by Gasteiger charge is -2.24. The molecule has 0 fully saturated rings. The van der Waals surface area contributed by atoms with Crippen LogP contribution < -0.4 is 5.32 Å². The predicted molar refractivity (Wildman–Crippen MR) is 86.0 cm³/mol. The molecule has 110 valence electrons. The van der Waals surface area contributed by atoms with E-state index in [1.165, 1.54) is 0 Å². The lowest BCUT2D eigenvalue weighted by molar-refractivity contribution is 0.281. The van der Waals surface area contributed by atoms with E-state index in [2.05, 4.69) is 59.1 Å². The van der Waals surface area contributed by atoms with Gasteiger partial charge in [0.05, 0.1) is 14.6 Å². The molecule has 0 aliphatic carbocycles. The van der Waals surface area contributed by atoms with Crippen LogP contribution in [0.15, 0.2) is 20.4 Å². The van der Waals surface area contributed by atoms with Crippen molar-refractivity contribution in [1.82, 2.24) is 15.5 Å². The molecule has 0 radical (unpaired) electrons. The molecule has 2 aromatic heterocycles. The van der Waals surface area contributed by atoms with Gasteiger partial charge in [-0.3, -0.25) is 0 Å². The number of thiophene rings is 1. The molecule has 0 amide bonds. The molecule has 2 atom stereocenters. The molecule has 2 aromatic rings. The average Bonchev–Trinajstić information content (AvgIpc) is 2.98. The first-order valence-electron chi connectivity index (χ1n) is 6.85.